The lowest BCUT2D eigenvalue weighted by Crippen LogP contribution is -1.99. The fourth-order valence-electron chi connectivity index (χ4n) is 1.13. The standard InChI is InChI=1S/C9H8N4O/c1-7-9(14-6-11-7)5-13-4-8(2-10)3-12-13/h3-4,6H,5H2,1H3. The molecule has 0 fully saturated rings. The third-order valence-electron chi connectivity index (χ3n) is 1.91. The molecule has 14 heavy (non-hydrogen) atoms. The summed E-state index contributed by atoms with van der Waals surface area (Å²) >= 11 is 0. The SMILES string of the molecule is Cc1ncoc1Cn1cc(C#N)cn1. The van der Waals surface area contributed by atoms with Gasteiger partial charge in [0.1, 0.15) is 18.4 Å². The molecule has 0 saturated heterocycles. The molecule has 0 saturated carbocycles. The van der Waals surface area contributed by atoms with E-state index in [0.717, 1.165) is 11.5 Å². The van der Waals surface area contributed by atoms with Crippen molar-refractivity contribution < 1.29 is 4.42 Å². The van der Waals surface area contributed by atoms with Gasteiger partial charge in [0.05, 0.1) is 17.5 Å². The van der Waals surface area contributed by atoms with Gasteiger partial charge < -0.3 is 4.42 Å². The first kappa shape index (κ1) is 8.51. The average molecular weight is 188 g/mol. The third-order valence-corrected chi connectivity index (χ3v) is 1.91. The number of nitrogens with zero attached hydrogens (tertiary/aromatic N) is 4. The van der Waals surface area contributed by atoms with Crippen LogP contribution in [-0.2, 0) is 6.54 Å². The topological polar surface area (TPSA) is 67.6 Å². The van der Waals surface area contributed by atoms with Gasteiger partial charge in [-0.1, -0.05) is 0 Å². The van der Waals surface area contributed by atoms with Gasteiger partial charge in [0.25, 0.3) is 0 Å². The predicted octanol–water partition coefficient (Wildman–Crippen LogP) is 1.10. The molecule has 0 unspecified atom stereocenters. The van der Waals surface area contributed by atoms with Crippen LogP contribution in [0.15, 0.2) is 23.2 Å². The predicted molar refractivity (Wildman–Crippen MR) is 47.3 cm³/mol. The molecule has 0 aliphatic carbocycles. The Morgan fingerprint density at radius 3 is 3.07 bits per heavy atom. The second kappa shape index (κ2) is 3.34. The largest absolute Gasteiger partial charge is 0.446 e. The van der Waals surface area contributed by atoms with Gasteiger partial charge in [-0.3, -0.25) is 4.68 Å². The van der Waals surface area contributed by atoms with Crippen molar-refractivity contribution in [3.8, 4) is 6.07 Å². The van der Waals surface area contributed by atoms with Gasteiger partial charge in [-0.05, 0) is 6.92 Å². The normalized spacial score (nSPS) is 10.0. The molecule has 0 atom stereocenters. The van der Waals surface area contributed by atoms with Gasteiger partial charge in [-0.15, -0.1) is 0 Å². The Labute approximate surface area is 80.6 Å². The van der Waals surface area contributed by atoms with Gasteiger partial charge in [-0.2, -0.15) is 10.4 Å². The molecule has 0 aromatic carbocycles. The van der Waals surface area contributed by atoms with Crippen LogP contribution >= 0.6 is 0 Å². The second-order valence-electron chi connectivity index (χ2n) is 2.90. The number of oxazole rings is 1. The Bertz CT molecular complexity index is 477. The van der Waals surface area contributed by atoms with Crippen LogP contribution in [0.1, 0.15) is 17.0 Å². The highest BCUT2D eigenvalue weighted by molar-refractivity contribution is 5.22. The summed E-state index contributed by atoms with van der Waals surface area (Å²) in [5, 5.41) is 12.6. The third kappa shape index (κ3) is 1.50. The summed E-state index contributed by atoms with van der Waals surface area (Å²) in [6.07, 6.45) is 4.59. The van der Waals surface area contributed by atoms with Crippen LogP contribution in [0.3, 0.4) is 0 Å². The van der Waals surface area contributed by atoms with Gasteiger partial charge in [0.2, 0.25) is 0 Å². The zero-order valence-corrected chi connectivity index (χ0v) is 7.64. The number of hydrogen-bond donors (Lipinski definition) is 0. The smallest absolute Gasteiger partial charge is 0.181 e. The van der Waals surface area contributed by atoms with Gasteiger partial charge in [0, 0.05) is 6.20 Å². The van der Waals surface area contributed by atoms with Crippen molar-refractivity contribution in [2.75, 3.05) is 0 Å². The summed E-state index contributed by atoms with van der Waals surface area (Å²) in [7, 11) is 0. The zero-order valence-electron chi connectivity index (χ0n) is 7.64. The lowest BCUT2D eigenvalue weighted by molar-refractivity contribution is 0.474. The molecular weight excluding hydrogens is 180 g/mol. The monoisotopic (exact) mass is 188 g/mol. The number of hydrogen-bond acceptors (Lipinski definition) is 4. The summed E-state index contributed by atoms with van der Waals surface area (Å²) in [4.78, 5) is 3.97. The van der Waals surface area contributed by atoms with E-state index in [9.17, 15) is 0 Å². The van der Waals surface area contributed by atoms with E-state index in [4.69, 9.17) is 9.68 Å². The minimum absolute atomic E-state index is 0.507. The lowest BCUT2D eigenvalue weighted by Gasteiger charge is -1.96. The van der Waals surface area contributed by atoms with Gasteiger partial charge >= 0.3 is 0 Å². The first-order valence-electron chi connectivity index (χ1n) is 4.11. The Hall–Kier alpha value is -2.09. The average Bonchev–Trinajstić information content (AvgIpc) is 2.77. The molecule has 0 amide bonds. The van der Waals surface area contributed by atoms with Crippen molar-refractivity contribution in [1.29, 1.82) is 5.26 Å². The summed E-state index contributed by atoms with van der Waals surface area (Å²) in [6.45, 7) is 2.38. The molecule has 0 N–H and O–H groups in total. The fourth-order valence-corrected chi connectivity index (χ4v) is 1.13. The van der Waals surface area contributed by atoms with E-state index in [-0.39, 0.29) is 0 Å². The second-order valence-corrected chi connectivity index (χ2v) is 2.90. The van der Waals surface area contributed by atoms with E-state index in [2.05, 4.69) is 10.1 Å². The molecule has 0 aliphatic heterocycles. The van der Waals surface area contributed by atoms with E-state index in [1.54, 1.807) is 10.9 Å². The van der Waals surface area contributed by atoms with E-state index in [0.29, 0.717) is 12.1 Å². The number of aromatic nitrogens is 3. The quantitative estimate of drug-likeness (QED) is 0.707. The summed E-state index contributed by atoms with van der Waals surface area (Å²) in [5.74, 6) is 0.762. The van der Waals surface area contributed by atoms with Gasteiger partial charge in [-0.25, -0.2) is 4.98 Å². The lowest BCUT2D eigenvalue weighted by atomic mass is 10.3. The van der Waals surface area contributed by atoms with Crippen molar-refractivity contribution in [2.45, 2.75) is 13.5 Å². The van der Waals surface area contributed by atoms with Crippen LogP contribution < -0.4 is 0 Å². The number of rotatable bonds is 2. The Balaban J connectivity index is 2.20. The van der Waals surface area contributed by atoms with Crippen LogP contribution in [0.25, 0.3) is 0 Å². The maximum Gasteiger partial charge on any atom is 0.181 e. The maximum atomic E-state index is 8.59. The molecule has 2 heterocycles. The molecule has 0 radical (unpaired) electrons. The van der Waals surface area contributed by atoms with Crippen molar-refractivity contribution in [3.05, 3.63) is 35.8 Å². The van der Waals surface area contributed by atoms with Crippen molar-refractivity contribution in [2.24, 2.45) is 0 Å². The zero-order chi connectivity index (χ0) is 9.97. The van der Waals surface area contributed by atoms with Crippen LogP contribution in [0.5, 0.6) is 0 Å². The van der Waals surface area contributed by atoms with Crippen LogP contribution in [0, 0.1) is 18.3 Å². The minimum Gasteiger partial charge on any atom is -0.446 e. The highest BCUT2D eigenvalue weighted by atomic mass is 16.3. The van der Waals surface area contributed by atoms with E-state index < -0.39 is 0 Å². The maximum absolute atomic E-state index is 8.59. The molecule has 0 aliphatic rings. The fraction of sp³-hybridized carbons (Fsp3) is 0.222. The van der Waals surface area contributed by atoms with Crippen molar-refractivity contribution >= 4 is 0 Å². The highest BCUT2D eigenvalue weighted by Gasteiger charge is 2.05. The highest BCUT2D eigenvalue weighted by Crippen LogP contribution is 2.07. The molecular formula is C9H8N4O. The molecule has 5 heteroatoms. The van der Waals surface area contributed by atoms with E-state index in [1.165, 1.54) is 12.6 Å². The molecule has 2 aromatic rings. The summed E-state index contributed by atoms with van der Waals surface area (Å²) < 4.78 is 6.80. The number of aryl methyl sites for hydroxylation is 1. The van der Waals surface area contributed by atoms with E-state index >= 15 is 0 Å². The van der Waals surface area contributed by atoms with E-state index in [1.807, 2.05) is 13.0 Å². The molecule has 2 aromatic heterocycles. The van der Waals surface area contributed by atoms with Crippen LogP contribution in [0.2, 0.25) is 0 Å². The molecule has 5 nitrogen and oxygen atoms in total. The molecule has 0 bridgehead atoms. The summed E-state index contributed by atoms with van der Waals surface area (Å²) in [5.41, 5.74) is 1.39. The molecule has 2 rings (SSSR count). The number of nitriles is 1. The first-order chi connectivity index (χ1) is 6.79. The first-order valence-corrected chi connectivity index (χ1v) is 4.11. The minimum atomic E-state index is 0.507. The van der Waals surface area contributed by atoms with Gasteiger partial charge in [0.15, 0.2) is 6.39 Å². The summed E-state index contributed by atoms with van der Waals surface area (Å²) in [6, 6.07) is 2.01. The Morgan fingerprint density at radius 1 is 1.64 bits per heavy atom. The molecule has 0 spiro atoms. The van der Waals surface area contributed by atoms with Crippen LogP contribution in [0.4, 0.5) is 0 Å². The Morgan fingerprint density at radius 2 is 2.50 bits per heavy atom. The molecule has 70 valence electrons. The van der Waals surface area contributed by atoms with Crippen molar-refractivity contribution in [1.82, 2.24) is 14.8 Å². The van der Waals surface area contributed by atoms with Crippen molar-refractivity contribution in [3.63, 3.8) is 0 Å². The Kier molecular flexibility index (Phi) is 2.03. The van der Waals surface area contributed by atoms with Crippen LogP contribution in [-0.4, -0.2) is 14.8 Å².